The summed E-state index contributed by atoms with van der Waals surface area (Å²) in [5.41, 5.74) is 2.24. The van der Waals surface area contributed by atoms with Crippen molar-refractivity contribution in [1.82, 2.24) is 19.5 Å². The molecule has 0 bridgehead atoms. The van der Waals surface area contributed by atoms with E-state index in [2.05, 4.69) is 37.7 Å². The van der Waals surface area contributed by atoms with Crippen LogP contribution in [0.5, 0.6) is 0 Å². The quantitative estimate of drug-likeness (QED) is 0.712. The Labute approximate surface area is 152 Å². The van der Waals surface area contributed by atoms with Crippen LogP contribution in [-0.4, -0.2) is 38.8 Å². The monoisotopic (exact) mass is 350 g/mol. The lowest BCUT2D eigenvalue weighted by molar-refractivity contribution is 0.0875. The van der Waals surface area contributed by atoms with Crippen molar-refractivity contribution >= 4 is 11.8 Å². The number of imidazole rings is 1. The molecule has 1 saturated heterocycles. The van der Waals surface area contributed by atoms with E-state index in [-0.39, 0.29) is 0 Å². The molecule has 1 aliphatic rings. The summed E-state index contributed by atoms with van der Waals surface area (Å²) in [5, 5.41) is 6.74. The number of rotatable bonds is 6. The predicted octanol–water partition coefficient (Wildman–Crippen LogP) is 2.87. The minimum atomic E-state index is 0.313. The third kappa shape index (κ3) is 4.00. The van der Waals surface area contributed by atoms with Crippen LogP contribution in [0.1, 0.15) is 18.4 Å². The number of anilines is 2. The molecule has 0 spiro atoms. The molecule has 1 fully saturated rings. The summed E-state index contributed by atoms with van der Waals surface area (Å²) < 4.78 is 7.51. The highest BCUT2D eigenvalue weighted by Gasteiger charge is 2.14. The summed E-state index contributed by atoms with van der Waals surface area (Å²) in [6.07, 6.45) is 9.46. The van der Waals surface area contributed by atoms with Crippen LogP contribution in [-0.2, 0) is 11.3 Å². The highest BCUT2D eigenvalue weighted by atomic mass is 16.5. The SMILES string of the molecule is c1ccc(-n2ccnc2)c(CNc2nccc(NC3CCCOC3)n2)c1. The normalized spacial score (nSPS) is 17.0. The Morgan fingerprint density at radius 2 is 2.15 bits per heavy atom. The summed E-state index contributed by atoms with van der Waals surface area (Å²) in [7, 11) is 0. The highest BCUT2D eigenvalue weighted by Crippen LogP contribution is 2.17. The lowest BCUT2D eigenvalue weighted by atomic mass is 10.1. The molecular formula is C19H22N6O. The molecular weight excluding hydrogens is 328 g/mol. The van der Waals surface area contributed by atoms with Gasteiger partial charge in [-0.2, -0.15) is 4.98 Å². The number of nitrogens with one attached hydrogen (secondary N) is 2. The van der Waals surface area contributed by atoms with E-state index in [1.54, 1.807) is 18.7 Å². The molecule has 1 aromatic carbocycles. The van der Waals surface area contributed by atoms with Crippen molar-refractivity contribution in [2.75, 3.05) is 23.8 Å². The molecule has 2 aromatic heterocycles. The molecule has 0 aliphatic carbocycles. The van der Waals surface area contributed by atoms with E-state index in [1.165, 1.54) is 0 Å². The number of benzene rings is 1. The first-order chi connectivity index (χ1) is 12.9. The summed E-state index contributed by atoms with van der Waals surface area (Å²) >= 11 is 0. The Balaban J connectivity index is 1.43. The molecule has 1 aliphatic heterocycles. The zero-order chi connectivity index (χ0) is 17.6. The van der Waals surface area contributed by atoms with Crippen molar-refractivity contribution in [3.8, 4) is 5.69 Å². The first-order valence-corrected chi connectivity index (χ1v) is 8.86. The maximum atomic E-state index is 5.51. The van der Waals surface area contributed by atoms with E-state index in [0.717, 1.165) is 43.1 Å². The van der Waals surface area contributed by atoms with Gasteiger partial charge in [-0.05, 0) is 30.5 Å². The first kappa shape index (κ1) is 16.5. The second kappa shape index (κ2) is 7.97. The van der Waals surface area contributed by atoms with Gasteiger partial charge in [0.25, 0.3) is 0 Å². The zero-order valence-corrected chi connectivity index (χ0v) is 14.5. The van der Waals surface area contributed by atoms with Crippen LogP contribution >= 0.6 is 0 Å². The van der Waals surface area contributed by atoms with Gasteiger partial charge in [0.05, 0.1) is 24.7 Å². The Hall–Kier alpha value is -2.93. The van der Waals surface area contributed by atoms with Gasteiger partial charge in [0.1, 0.15) is 5.82 Å². The van der Waals surface area contributed by atoms with Gasteiger partial charge in [-0.1, -0.05) is 18.2 Å². The van der Waals surface area contributed by atoms with E-state index in [1.807, 2.05) is 29.0 Å². The highest BCUT2D eigenvalue weighted by molar-refractivity contribution is 5.45. The smallest absolute Gasteiger partial charge is 0.224 e. The number of para-hydroxylation sites is 1. The van der Waals surface area contributed by atoms with Crippen LogP contribution in [0.3, 0.4) is 0 Å². The molecule has 7 heteroatoms. The second-order valence-electron chi connectivity index (χ2n) is 6.28. The number of hydrogen-bond donors (Lipinski definition) is 2. The number of aromatic nitrogens is 4. The van der Waals surface area contributed by atoms with Crippen molar-refractivity contribution in [2.45, 2.75) is 25.4 Å². The van der Waals surface area contributed by atoms with Crippen LogP contribution in [0, 0.1) is 0 Å². The summed E-state index contributed by atoms with van der Waals surface area (Å²) in [4.78, 5) is 13.0. The van der Waals surface area contributed by atoms with Crippen LogP contribution in [0.25, 0.3) is 5.69 Å². The van der Waals surface area contributed by atoms with Gasteiger partial charge in [-0.15, -0.1) is 0 Å². The maximum absolute atomic E-state index is 5.51. The van der Waals surface area contributed by atoms with Crippen LogP contribution in [0.15, 0.2) is 55.2 Å². The van der Waals surface area contributed by atoms with E-state index in [4.69, 9.17) is 4.74 Å². The summed E-state index contributed by atoms with van der Waals surface area (Å²) in [6.45, 7) is 2.21. The second-order valence-corrected chi connectivity index (χ2v) is 6.28. The Bertz CT molecular complexity index is 830. The van der Waals surface area contributed by atoms with Crippen LogP contribution in [0.4, 0.5) is 11.8 Å². The van der Waals surface area contributed by atoms with Crippen molar-refractivity contribution in [3.63, 3.8) is 0 Å². The fourth-order valence-corrected chi connectivity index (χ4v) is 3.08. The van der Waals surface area contributed by atoms with Crippen molar-refractivity contribution < 1.29 is 4.74 Å². The van der Waals surface area contributed by atoms with Crippen LogP contribution < -0.4 is 10.6 Å². The topological polar surface area (TPSA) is 76.9 Å². The Morgan fingerprint density at radius 1 is 1.19 bits per heavy atom. The van der Waals surface area contributed by atoms with Gasteiger partial charge in [-0.25, -0.2) is 9.97 Å². The van der Waals surface area contributed by atoms with Gasteiger partial charge in [-0.3, -0.25) is 0 Å². The van der Waals surface area contributed by atoms with E-state index < -0.39 is 0 Å². The van der Waals surface area contributed by atoms with Gasteiger partial charge in [0.2, 0.25) is 5.95 Å². The molecule has 0 radical (unpaired) electrons. The molecule has 26 heavy (non-hydrogen) atoms. The summed E-state index contributed by atoms with van der Waals surface area (Å²) in [5.74, 6) is 1.42. The predicted molar refractivity (Wildman–Crippen MR) is 100 cm³/mol. The van der Waals surface area contributed by atoms with Gasteiger partial charge in [0, 0.05) is 31.7 Å². The van der Waals surface area contributed by atoms with Gasteiger partial charge >= 0.3 is 0 Å². The summed E-state index contributed by atoms with van der Waals surface area (Å²) in [6, 6.07) is 10.4. The largest absolute Gasteiger partial charge is 0.379 e. The number of nitrogens with zero attached hydrogens (tertiary/aromatic N) is 4. The van der Waals surface area contributed by atoms with E-state index >= 15 is 0 Å². The maximum Gasteiger partial charge on any atom is 0.224 e. The standard InChI is InChI=1S/C19H22N6O/c1-2-6-17(25-10-9-20-14-25)15(4-1)12-22-19-21-8-7-18(24-19)23-16-5-3-11-26-13-16/h1-2,4,6-10,14,16H,3,5,11-13H2,(H2,21,22,23,24). The average molecular weight is 350 g/mol. The number of hydrogen-bond acceptors (Lipinski definition) is 6. The molecule has 1 atom stereocenters. The molecule has 134 valence electrons. The lowest BCUT2D eigenvalue weighted by Gasteiger charge is -2.23. The minimum absolute atomic E-state index is 0.313. The van der Waals surface area contributed by atoms with E-state index in [0.29, 0.717) is 18.5 Å². The number of ether oxygens (including phenoxy) is 1. The molecule has 0 saturated carbocycles. The molecule has 3 heterocycles. The molecule has 0 amide bonds. The zero-order valence-electron chi connectivity index (χ0n) is 14.5. The minimum Gasteiger partial charge on any atom is -0.379 e. The third-order valence-corrected chi connectivity index (χ3v) is 4.38. The van der Waals surface area contributed by atoms with Crippen molar-refractivity contribution in [3.05, 3.63) is 60.8 Å². The molecule has 3 aromatic rings. The Kier molecular flexibility index (Phi) is 5.07. The van der Waals surface area contributed by atoms with Gasteiger partial charge < -0.3 is 19.9 Å². The molecule has 1 unspecified atom stereocenters. The lowest BCUT2D eigenvalue weighted by Crippen LogP contribution is -2.30. The molecule has 7 nitrogen and oxygen atoms in total. The average Bonchev–Trinajstić information content (AvgIpc) is 3.22. The van der Waals surface area contributed by atoms with Crippen molar-refractivity contribution in [2.24, 2.45) is 0 Å². The van der Waals surface area contributed by atoms with E-state index in [9.17, 15) is 0 Å². The van der Waals surface area contributed by atoms with Gasteiger partial charge in [0.15, 0.2) is 0 Å². The third-order valence-electron chi connectivity index (χ3n) is 4.38. The van der Waals surface area contributed by atoms with Crippen LogP contribution in [0.2, 0.25) is 0 Å². The van der Waals surface area contributed by atoms with Crippen molar-refractivity contribution in [1.29, 1.82) is 0 Å². The fourth-order valence-electron chi connectivity index (χ4n) is 3.08. The molecule has 4 rings (SSSR count). The molecule has 2 N–H and O–H groups in total. The first-order valence-electron chi connectivity index (χ1n) is 8.86. The Morgan fingerprint density at radius 3 is 3.00 bits per heavy atom. The fraction of sp³-hybridized carbons (Fsp3) is 0.316.